The van der Waals surface area contributed by atoms with Gasteiger partial charge in [0.1, 0.15) is 34.8 Å². The van der Waals surface area contributed by atoms with Gasteiger partial charge in [0.2, 0.25) is 5.97 Å². The Morgan fingerprint density at radius 2 is 0.645 bits per heavy atom. The summed E-state index contributed by atoms with van der Waals surface area (Å²) in [6.07, 6.45) is 1.50. The van der Waals surface area contributed by atoms with Crippen LogP contribution >= 0.6 is 28.4 Å². The van der Waals surface area contributed by atoms with E-state index >= 15 is 0 Å². The molecule has 4 aromatic rings. The van der Waals surface area contributed by atoms with Crippen LogP contribution in [0.5, 0.6) is 0 Å². The number of benzene rings is 4. The molecule has 31 heavy (non-hydrogen) atoms. The SMILES string of the molecule is Cl[P+](Cl)(CC(c1ccccc1)c1ccccc1)CC(c1ccccc1)c1ccccc1. The number of hydrogen-bond acceptors (Lipinski definition) is 0. The topological polar surface area (TPSA) is 0 Å². The molecule has 0 aromatic heterocycles. The molecule has 0 N–H and O–H groups in total. The van der Waals surface area contributed by atoms with E-state index in [1.54, 1.807) is 0 Å². The third-order valence-corrected chi connectivity index (χ3v) is 9.16. The molecule has 0 saturated carbocycles. The summed E-state index contributed by atoms with van der Waals surface area (Å²) in [6.45, 7) is 0. The van der Waals surface area contributed by atoms with Crippen molar-refractivity contribution in [3.05, 3.63) is 144 Å². The van der Waals surface area contributed by atoms with E-state index in [0.29, 0.717) is 0 Å². The van der Waals surface area contributed by atoms with Crippen molar-refractivity contribution in [2.45, 2.75) is 11.8 Å². The Labute approximate surface area is 195 Å². The molecule has 156 valence electrons. The minimum absolute atomic E-state index is 0.179. The van der Waals surface area contributed by atoms with Crippen LogP contribution in [-0.2, 0) is 0 Å². The molecule has 0 aliphatic carbocycles. The number of hydrogen-bond donors (Lipinski definition) is 0. The van der Waals surface area contributed by atoms with Gasteiger partial charge in [0, 0.05) is 11.8 Å². The highest BCUT2D eigenvalue weighted by Gasteiger charge is 2.42. The first-order valence-corrected chi connectivity index (χ1v) is 14.6. The fourth-order valence-electron chi connectivity index (χ4n) is 4.16. The summed E-state index contributed by atoms with van der Waals surface area (Å²) < 4.78 is 0. The maximum absolute atomic E-state index is 7.20. The van der Waals surface area contributed by atoms with Gasteiger partial charge in [0.15, 0.2) is 0 Å². The second-order valence-corrected chi connectivity index (χ2v) is 14.5. The lowest BCUT2D eigenvalue weighted by molar-refractivity contribution is 0.902. The zero-order valence-corrected chi connectivity index (χ0v) is 19.7. The highest BCUT2D eigenvalue weighted by molar-refractivity contribution is 8.17. The summed E-state index contributed by atoms with van der Waals surface area (Å²) in [4.78, 5) is 0. The first-order valence-electron chi connectivity index (χ1n) is 10.6. The van der Waals surface area contributed by atoms with E-state index < -0.39 is 5.97 Å². The van der Waals surface area contributed by atoms with Gasteiger partial charge in [0.05, 0.1) is 0 Å². The Bertz CT molecular complexity index is 885. The van der Waals surface area contributed by atoms with Gasteiger partial charge < -0.3 is 0 Å². The van der Waals surface area contributed by atoms with Gasteiger partial charge in [-0.15, -0.1) is 0 Å². The molecule has 0 spiro atoms. The van der Waals surface area contributed by atoms with Crippen molar-refractivity contribution in [1.82, 2.24) is 0 Å². The highest BCUT2D eigenvalue weighted by atomic mass is 35.9. The summed E-state index contributed by atoms with van der Waals surface area (Å²) in [5, 5.41) is 0. The van der Waals surface area contributed by atoms with Gasteiger partial charge in [-0.05, 0) is 22.3 Å². The third kappa shape index (κ3) is 5.98. The third-order valence-electron chi connectivity index (χ3n) is 5.71. The molecule has 0 nitrogen and oxygen atoms in total. The summed E-state index contributed by atoms with van der Waals surface area (Å²) >= 11 is 14.4. The van der Waals surface area contributed by atoms with Crippen LogP contribution < -0.4 is 0 Å². The van der Waals surface area contributed by atoms with E-state index in [2.05, 4.69) is 121 Å². The van der Waals surface area contributed by atoms with E-state index in [1.165, 1.54) is 22.3 Å². The fraction of sp³-hybridized carbons (Fsp3) is 0.143. The van der Waals surface area contributed by atoms with E-state index in [1.807, 2.05) is 0 Å². The average Bonchev–Trinajstić information content (AvgIpc) is 2.83. The predicted molar refractivity (Wildman–Crippen MR) is 138 cm³/mol. The van der Waals surface area contributed by atoms with Gasteiger partial charge in [-0.25, -0.2) is 0 Å². The lowest BCUT2D eigenvalue weighted by Gasteiger charge is -2.24. The van der Waals surface area contributed by atoms with Crippen LogP contribution in [0.15, 0.2) is 121 Å². The van der Waals surface area contributed by atoms with E-state index in [0.717, 1.165) is 12.3 Å². The molecule has 0 unspecified atom stereocenters. The second kappa shape index (κ2) is 10.5. The van der Waals surface area contributed by atoms with Crippen molar-refractivity contribution < 1.29 is 0 Å². The lowest BCUT2D eigenvalue weighted by atomic mass is 9.93. The molecule has 4 rings (SSSR count). The van der Waals surface area contributed by atoms with Crippen molar-refractivity contribution in [2.24, 2.45) is 0 Å². The second-order valence-electron chi connectivity index (χ2n) is 7.88. The smallest absolute Gasteiger partial charge is 0.0622 e. The molecule has 0 bridgehead atoms. The monoisotopic (exact) mass is 463 g/mol. The molecular weight excluding hydrogens is 438 g/mol. The van der Waals surface area contributed by atoms with E-state index in [9.17, 15) is 0 Å². The zero-order chi connectivity index (χ0) is 21.5. The molecule has 3 heteroatoms. The van der Waals surface area contributed by atoms with Gasteiger partial charge in [0.25, 0.3) is 0 Å². The lowest BCUT2D eigenvalue weighted by Crippen LogP contribution is -2.12. The first-order chi connectivity index (χ1) is 15.1. The maximum Gasteiger partial charge on any atom is 0.213 e. The van der Waals surface area contributed by atoms with Crippen LogP contribution in [-0.4, -0.2) is 12.3 Å². The van der Waals surface area contributed by atoms with Gasteiger partial charge >= 0.3 is 0 Å². The van der Waals surface area contributed by atoms with Crippen molar-refractivity contribution in [3.8, 4) is 0 Å². The van der Waals surface area contributed by atoms with Crippen molar-refractivity contribution in [3.63, 3.8) is 0 Å². The van der Waals surface area contributed by atoms with Crippen molar-refractivity contribution >= 4 is 28.4 Å². The predicted octanol–water partition coefficient (Wildman–Crippen LogP) is 8.98. The van der Waals surface area contributed by atoms with Gasteiger partial charge in [-0.3, -0.25) is 0 Å². The average molecular weight is 464 g/mol. The van der Waals surface area contributed by atoms with Crippen molar-refractivity contribution in [1.29, 1.82) is 0 Å². The number of rotatable bonds is 8. The molecule has 4 aromatic carbocycles. The Morgan fingerprint density at radius 3 is 0.871 bits per heavy atom. The zero-order valence-electron chi connectivity index (χ0n) is 17.3. The molecule has 0 atom stereocenters. The molecule has 0 aliphatic heterocycles. The fourth-order valence-corrected chi connectivity index (χ4v) is 7.87. The van der Waals surface area contributed by atoms with Crippen LogP contribution in [0.1, 0.15) is 34.1 Å². The quantitative estimate of drug-likeness (QED) is 0.228. The largest absolute Gasteiger partial charge is 0.213 e. The van der Waals surface area contributed by atoms with Crippen molar-refractivity contribution in [2.75, 3.05) is 12.3 Å². The summed E-state index contributed by atoms with van der Waals surface area (Å²) in [5.41, 5.74) is 5.04. The van der Waals surface area contributed by atoms with Crippen LogP contribution in [0.25, 0.3) is 0 Å². The Kier molecular flexibility index (Phi) is 7.46. The molecule has 0 amide bonds. The van der Waals surface area contributed by atoms with Crippen LogP contribution in [0.4, 0.5) is 0 Å². The molecule has 0 saturated heterocycles. The number of halogens is 2. The Morgan fingerprint density at radius 1 is 0.419 bits per heavy atom. The molecular formula is C28H26Cl2P+. The minimum atomic E-state index is -2.27. The maximum atomic E-state index is 7.20. The summed E-state index contributed by atoms with van der Waals surface area (Å²) in [7, 11) is 0. The van der Waals surface area contributed by atoms with E-state index in [4.69, 9.17) is 22.5 Å². The summed E-state index contributed by atoms with van der Waals surface area (Å²) in [5.74, 6) is -1.91. The normalized spacial score (nSPS) is 11.7. The van der Waals surface area contributed by atoms with Gasteiger partial charge in [-0.1, -0.05) is 121 Å². The minimum Gasteiger partial charge on any atom is -0.0622 e. The molecule has 0 radical (unpaired) electrons. The van der Waals surface area contributed by atoms with Crippen LogP contribution in [0.2, 0.25) is 0 Å². The summed E-state index contributed by atoms with van der Waals surface area (Å²) in [6, 6.07) is 42.3. The molecule has 0 fully saturated rings. The molecule has 0 aliphatic rings. The van der Waals surface area contributed by atoms with E-state index in [-0.39, 0.29) is 11.8 Å². The van der Waals surface area contributed by atoms with Gasteiger partial charge in [-0.2, -0.15) is 0 Å². The van der Waals surface area contributed by atoms with Crippen LogP contribution in [0.3, 0.4) is 0 Å². The Balaban J connectivity index is 1.65. The molecule has 0 heterocycles. The highest BCUT2D eigenvalue weighted by Crippen LogP contribution is 2.73. The Hall–Kier alpha value is -2.11. The first kappa shape index (κ1) is 22.1. The standard InChI is InChI=1S/C28H26Cl2P/c29-31(30,21-27(23-13-5-1-6-14-23)24-15-7-2-8-16-24)22-28(25-17-9-3-10-18-25)26-19-11-4-12-20-26/h1-20,27-28H,21-22H2/q+1. The van der Waals surface area contributed by atoms with Crippen LogP contribution in [0, 0.1) is 0 Å².